The van der Waals surface area contributed by atoms with Crippen molar-refractivity contribution in [3.8, 4) is 0 Å². The van der Waals surface area contributed by atoms with Gasteiger partial charge in [0.15, 0.2) is 0 Å². The van der Waals surface area contributed by atoms with Gasteiger partial charge < -0.3 is 9.84 Å². The van der Waals surface area contributed by atoms with Gasteiger partial charge in [0.1, 0.15) is 5.60 Å². The Balaban J connectivity index is 1.52. The molecule has 4 nitrogen and oxygen atoms in total. The number of fused-ring (bicyclic) bond motifs is 5. The van der Waals surface area contributed by atoms with Crippen molar-refractivity contribution >= 4 is 11.8 Å². The van der Waals surface area contributed by atoms with Gasteiger partial charge in [-0.2, -0.15) is 13.2 Å². The van der Waals surface area contributed by atoms with Crippen LogP contribution in [0.25, 0.3) is 0 Å². The number of Topliss-reactive ketones (excluding diaryl/α,β-unsaturated/α-hetero) is 1. The molecule has 0 aromatic heterocycles. The number of carbonyl (C=O) groups is 2. The molecule has 10 atom stereocenters. The molecule has 4 rings (SSSR count). The first-order valence-electron chi connectivity index (χ1n) is 14.5. The monoisotopic (exact) mass is 528 g/mol. The molecule has 7 heteroatoms. The Labute approximate surface area is 220 Å². The predicted molar refractivity (Wildman–Crippen MR) is 135 cm³/mol. The van der Waals surface area contributed by atoms with Gasteiger partial charge in [0, 0.05) is 12.3 Å². The standard InChI is InChI=1S/C30H47F3O4/c1-17(7-12-25(35)37-27(2,3)4)21-10-11-22-20-9-8-18-15-19(34)16-24(26(36)30(31,32)33)29(18,6)23(20)13-14-28(21,22)5/h17-24,34H,7-16H2,1-6H3/t17-,18-,19+,20+,21-,22+,23+,24?,28-,29+/m1/s1. The van der Waals surface area contributed by atoms with Gasteiger partial charge in [0.05, 0.1) is 6.10 Å². The number of ketones is 1. The zero-order chi connectivity index (χ0) is 27.6. The highest BCUT2D eigenvalue weighted by molar-refractivity contribution is 5.87. The number of aliphatic hydroxyl groups excluding tert-OH is 1. The molecule has 0 bridgehead atoms. The van der Waals surface area contributed by atoms with Gasteiger partial charge in [-0.25, -0.2) is 0 Å². The van der Waals surface area contributed by atoms with E-state index in [1.165, 1.54) is 0 Å². The van der Waals surface area contributed by atoms with Crippen LogP contribution in [0, 0.1) is 52.3 Å². The van der Waals surface area contributed by atoms with Crippen LogP contribution in [0.3, 0.4) is 0 Å². The van der Waals surface area contributed by atoms with Crippen LogP contribution in [0.5, 0.6) is 0 Å². The molecule has 0 heterocycles. The van der Waals surface area contributed by atoms with Gasteiger partial charge in [-0.1, -0.05) is 20.8 Å². The largest absolute Gasteiger partial charge is 0.460 e. The van der Waals surface area contributed by atoms with Crippen molar-refractivity contribution in [1.82, 2.24) is 0 Å². The third-order valence-corrected chi connectivity index (χ3v) is 11.4. The number of aliphatic hydroxyl groups is 1. The second-order valence-electron chi connectivity index (χ2n) is 14.4. The summed E-state index contributed by atoms with van der Waals surface area (Å²) in [6, 6.07) is 0. The number of ether oxygens (including phenoxy) is 1. The second kappa shape index (κ2) is 9.82. The van der Waals surface area contributed by atoms with Gasteiger partial charge in [-0.05, 0) is 125 Å². The maximum atomic E-state index is 13.7. The first-order valence-corrected chi connectivity index (χ1v) is 14.5. The molecule has 0 aromatic rings. The maximum Gasteiger partial charge on any atom is 0.450 e. The number of halogens is 3. The number of rotatable bonds is 5. The SMILES string of the molecule is C[C@H](CCC(=O)OC(C)(C)C)[C@H]1CC[C@H]2[C@@H]3CC[C@@H]4C[C@H](O)CC(C(=O)C(F)(F)F)[C@]4(C)[C@H]3CC[C@]12C. The second-order valence-corrected chi connectivity index (χ2v) is 14.4. The molecule has 0 saturated heterocycles. The lowest BCUT2D eigenvalue weighted by Crippen LogP contribution is -2.60. The van der Waals surface area contributed by atoms with Crippen LogP contribution in [0.2, 0.25) is 0 Å². The maximum absolute atomic E-state index is 13.7. The highest BCUT2D eigenvalue weighted by Crippen LogP contribution is 2.69. The minimum absolute atomic E-state index is 0.0388. The molecule has 0 aliphatic heterocycles. The van der Waals surface area contributed by atoms with Crippen molar-refractivity contribution in [3.63, 3.8) is 0 Å². The summed E-state index contributed by atoms with van der Waals surface area (Å²) in [5.74, 6) is -1.28. The summed E-state index contributed by atoms with van der Waals surface area (Å²) in [6.45, 7) is 12.2. The fourth-order valence-electron chi connectivity index (χ4n) is 9.84. The highest BCUT2D eigenvalue weighted by Gasteiger charge is 2.65. The van der Waals surface area contributed by atoms with Crippen LogP contribution in [-0.2, 0) is 14.3 Å². The summed E-state index contributed by atoms with van der Waals surface area (Å²) in [5.41, 5.74) is -1.09. The van der Waals surface area contributed by atoms with Crippen LogP contribution in [0.15, 0.2) is 0 Å². The molecule has 4 saturated carbocycles. The van der Waals surface area contributed by atoms with Crippen molar-refractivity contribution in [1.29, 1.82) is 0 Å². The molecule has 212 valence electrons. The molecule has 1 unspecified atom stereocenters. The van der Waals surface area contributed by atoms with Crippen molar-refractivity contribution in [2.24, 2.45) is 52.3 Å². The quantitative estimate of drug-likeness (QED) is 0.386. The first-order chi connectivity index (χ1) is 17.0. The zero-order valence-corrected chi connectivity index (χ0v) is 23.5. The van der Waals surface area contributed by atoms with E-state index in [1.807, 2.05) is 27.7 Å². The Morgan fingerprint density at radius 3 is 2.30 bits per heavy atom. The van der Waals surface area contributed by atoms with E-state index in [1.54, 1.807) is 0 Å². The topological polar surface area (TPSA) is 63.6 Å². The van der Waals surface area contributed by atoms with Gasteiger partial charge in [0.2, 0.25) is 5.78 Å². The van der Waals surface area contributed by atoms with E-state index >= 15 is 0 Å². The Morgan fingerprint density at radius 2 is 1.68 bits per heavy atom. The van der Waals surface area contributed by atoms with E-state index in [9.17, 15) is 27.9 Å². The molecular formula is C30H47F3O4. The van der Waals surface area contributed by atoms with Crippen LogP contribution >= 0.6 is 0 Å². The van der Waals surface area contributed by atoms with Gasteiger partial charge in [0.25, 0.3) is 0 Å². The molecular weight excluding hydrogens is 481 g/mol. The summed E-state index contributed by atoms with van der Waals surface area (Å²) in [5, 5.41) is 10.4. The summed E-state index contributed by atoms with van der Waals surface area (Å²) in [7, 11) is 0. The summed E-state index contributed by atoms with van der Waals surface area (Å²) in [4.78, 5) is 25.0. The lowest BCUT2D eigenvalue weighted by molar-refractivity contribution is -0.201. The van der Waals surface area contributed by atoms with Crippen molar-refractivity contribution < 1.29 is 32.6 Å². The molecule has 0 aromatic carbocycles. The number of alkyl halides is 3. The average Bonchev–Trinajstić information content (AvgIpc) is 3.12. The fourth-order valence-corrected chi connectivity index (χ4v) is 9.84. The van der Waals surface area contributed by atoms with Crippen molar-refractivity contribution in [3.05, 3.63) is 0 Å². The average molecular weight is 529 g/mol. The molecule has 4 aliphatic carbocycles. The van der Waals surface area contributed by atoms with Crippen LogP contribution < -0.4 is 0 Å². The van der Waals surface area contributed by atoms with E-state index in [4.69, 9.17) is 4.74 Å². The Kier molecular flexibility index (Phi) is 7.66. The van der Waals surface area contributed by atoms with Gasteiger partial charge in [-0.15, -0.1) is 0 Å². The van der Waals surface area contributed by atoms with Gasteiger partial charge >= 0.3 is 12.1 Å². The Morgan fingerprint density at radius 1 is 1.00 bits per heavy atom. The normalized spacial score (nSPS) is 42.8. The molecule has 0 spiro atoms. The van der Waals surface area contributed by atoms with Crippen LogP contribution in [-0.4, -0.2) is 34.7 Å². The number of hydrogen-bond acceptors (Lipinski definition) is 4. The molecule has 37 heavy (non-hydrogen) atoms. The highest BCUT2D eigenvalue weighted by atomic mass is 19.4. The molecule has 0 radical (unpaired) electrons. The summed E-state index contributed by atoms with van der Waals surface area (Å²) < 4.78 is 46.6. The lowest BCUT2D eigenvalue weighted by atomic mass is 9.41. The zero-order valence-electron chi connectivity index (χ0n) is 23.5. The fraction of sp³-hybridized carbons (Fsp3) is 0.933. The number of carbonyl (C=O) groups excluding carboxylic acids is 2. The summed E-state index contributed by atoms with van der Waals surface area (Å²) >= 11 is 0. The minimum atomic E-state index is -4.87. The summed E-state index contributed by atoms with van der Waals surface area (Å²) in [6.07, 6.45) is 1.66. The lowest BCUT2D eigenvalue weighted by Gasteiger charge is -2.63. The van der Waals surface area contributed by atoms with Crippen LogP contribution in [0.1, 0.15) is 106 Å². The minimum Gasteiger partial charge on any atom is -0.460 e. The van der Waals surface area contributed by atoms with Gasteiger partial charge in [-0.3, -0.25) is 9.59 Å². The van der Waals surface area contributed by atoms with E-state index in [0.29, 0.717) is 36.5 Å². The molecule has 1 N–H and O–H groups in total. The molecule has 0 amide bonds. The predicted octanol–water partition coefficient (Wildman–Crippen LogP) is 7.12. The van der Waals surface area contributed by atoms with E-state index in [2.05, 4.69) is 13.8 Å². The van der Waals surface area contributed by atoms with Crippen LogP contribution in [0.4, 0.5) is 13.2 Å². The number of hydrogen-bond donors (Lipinski definition) is 1. The first kappa shape index (κ1) is 28.9. The van der Waals surface area contributed by atoms with E-state index < -0.39 is 35.0 Å². The van der Waals surface area contributed by atoms with Crippen molar-refractivity contribution in [2.45, 2.75) is 124 Å². The smallest absolute Gasteiger partial charge is 0.450 e. The van der Waals surface area contributed by atoms with E-state index in [0.717, 1.165) is 44.9 Å². The Hall–Kier alpha value is -1.11. The third-order valence-electron chi connectivity index (χ3n) is 11.4. The number of esters is 1. The van der Waals surface area contributed by atoms with Crippen molar-refractivity contribution in [2.75, 3.05) is 0 Å². The third kappa shape index (κ3) is 5.24. The molecule has 4 aliphatic rings. The Bertz CT molecular complexity index is 879. The van der Waals surface area contributed by atoms with E-state index in [-0.39, 0.29) is 29.6 Å². The molecule has 4 fully saturated rings.